The molecule has 118 valence electrons. The molecule has 1 aromatic rings. The molecule has 2 fully saturated rings. The minimum atomic E-state index is -4.17. The topological polar surface area (TPSA) is 71.4 Å². The molecule has 2 unspecified atom stereocenters. The Morgan fingerprint density at radius 3 is 2.32 bits per heavy atom. The molecule has 5 heteroatoms. The van der Waals surface area contributed by atoms with Gasteiger partial charge < -0.3 is 0 Å². The number of carbonyl (C=O) groups is 1. The summed E-state index contributed by atoms with van der Waals surface area (Å²) in [5, 5.41) is 0. The number of benzene rings is 1. The fourth-order valence-corrected chi connectivity index (χ4v) is 4.57. The number of rotatable bonds is 3. The van der Waals surface area contributed by atoms with Crippen LogP contribution < -0.4 is 0 Å². The zero-order chi connectivity index (χ0) is 16.2. The molecule has 2 aliphatic rings. The van der Waals surface area contributed by atoms with E-state index in [1.165, 1.54) is 12.1 Å². The predicted molar refractivity (Wildman–Crippen MR) is 83.9 cm³/mol. The van der Waals surface area contributed by atoms with Gasteiger partial charge in [-0.25, -0.2) is 0 Å². The second-order valence-corrected chi connectivity index (χ2v) is 8.35. The molecule has 0 spiro atoms. The van der Waals surface area contributed by atoms with Gasteiger partial charge in [0.1, 0.15) is 5.78 Å². The highest BCUT2D eigenvalue weighted by molar-refractivity contribution is 7.85. The Hall–Kier alpha value is -1.46. The summed E-state index contributed by atoms with van der Waals surface area (Å²) in [6.45, 7) is 4.34. The van der Waals surface area contributed by atoms with Crippen molar-refractivity contribution in [1.82, 2.24) is 0 Å². The van der Waals surface area contributed by atoms with Gasteiger partial charge in [0.25, 0.3) is 10.1 Å². The first-order valence-corrected chi connectivity index (χ1v) is 8.91. The molecule has 0 saturated heterocycles. The molecule has 2 saturated carbocycles. The van der Waals surface area contributed by atoms with E-state index in [1.807, 2.05) is 12.2 Å². The van der Waals surface area contributed by atoms with Crippen molar-refractivity contribution >= 4 is 22.0 Å². The number of fused-ring (bicyclic) bond motifs is 2. The van der Waals surface area contributed by atoms with E-state index in [9.17, 15) is 13.2 Å². The molecule has 3 rings (SSSR count). The predicted octanol–water partition coefficient (Wildman–Crippen LogP) is 3.34. The lowest BCUT2D eigenvalue weighted by molar-refractivity contribution is -0.126. The molecule has 0 aromatic heterocycles. The van der Waals surface area contributed by atoms with Crippen molar-refractivity contribution in [1.29, 1.82) is 0 Å². The van der Waals surface area contributed by atoms with Crippen LogP contribution in [0, 0.1) is 16.7 Å². The van der Waals surface area contributed by atoms with Crippen LogP contribution in [-0.4, -0.2) is 18.8 Å². The van der Waals surface area contributed by atoms with E-state index in [0.717, 1.165) is 18.4 Å². The minimum absolute atomic E-state index is 0.0189. The van der Waals surface area contributed by atoms with Gasteiger partial charge in [-0.15, -0.1) is 0 Å². The Morgan fingerprint density at radius 1 is 1.23 bits per heavy atom. The van der Waals surface area contributed by atoms with Crippen molar-refractivity contribution in [3.63, 3.8) is 0 Å². The van der Waals surface area contributed by atoms with E-state index in [2.05, 4.69) is 13.8 Å². The maximum Gasteiger partial charge on any atom is 0.294 e. The summed E-state index contributed by atoms with van der Waals surface area (Å²) in [5.41, 5.74) is 0.412. The Morgan fingerprint density at radius 2 is 1.86 bits per heavy atom. The molecule has 2 aliphatic carbocycles. The lowest BCUT2D eigenvalue weighted by Gasteiger charge is -2.33. The number of Topliss-reactive ketones (excluding diaryl/α,β-unsaturated/α-hetero) is 1. The van der Waals surface area contributed by atoms with Gasteiger partial charge in [0, 0.05) is 6.42 Å². The Labute approximate surface area is 131 Å². The van der Waals surface area contributed by atoms with Gasteiger partial charge in [0.2, 0.25) is 0 Å². The second-order valence-electron chi connectivity index (χ2n) is 6.93. The number of carbonyl (C=O) groups excluding carboxylic acids is 1. The lowest BCUT2D eigenvalue weighted by Crippen LogP contribution is -2.33. The third-order valence-electron chi connectivity index (χ3n) is 5.73. The molecular weight excluding hydrogens is 300 g/mol. The fourth-order valence-electron chi connectivity index (χ4n) is 4.09. The summed E-state index contributed by atoms with van der Waals surface area (Å²) in [5.74, 6) is 0.783. The zero-order valence-electron chi connectivity index (χ0n) is 12.7. The van der Waals surface area contributed by atoms with E-state index in [4.69, 9.17) is 4.55 Å². The van der Waals surface area contributed by atoms with Crippen LogP contribution in [0.2, 0.25) is 0 Å². The van der Waals surface area contributed by atoms with Crippen LogP contribution in [0.5, 0.6) is 0 Å². The minimum Gasteiger partial charge on any atom is -0.299 e. The molecule has 0 heterocycles. The van der Waals surface area contributed by atoms with Gasteiger partial charge in [-0.1, -0.05) is 38.1 Å². The zero-order valence-corrected chi connectivity index (χ0v) is 13.6. The van der Waals surface area contributed by atoms with Gasteiger partial charge in [-0.3, -0.25) is 9.35 Å². The number of hydrogen-bond acceptors (Lipinski definition) is 3. The van der Waals surface area contributed by atoms with Crippen molar-refractivity contribution in [2.75, 3.05) is 0 Å². The van der Waals surface area contributed by atoms with Crippen LogP contribution in [0.25, 0.3) is 6.08 Å². The molecule has 0 radical (unpaired) electrons. The summed E-state index contributed by atoms with van der Waals surface area (Å²) >= 11 is 0. The smallest absolute Gasteiger partial charge is 0.294 e. The van der Waals surface area contributed by atoms with Crippen molar-refractivity contribution in [2.45, 2.75) is 38.0 Å². The molecule has 2 atom stereocenters. The molecular formula is C17H20O4S. The first kappa shape index (κ1) is 15.4. The van der Waals surface area contributed by atoms with Gasteiger partial charge in [0.15, 0.2) is 0 Å². The highest BCUT2D eigenvalue weighted by atomic mass is 32.2. The van der Waals surface area contributed by atoms with E-state index in [-0.39, 0.29) is 15.7 Å². The molecule has 4 nitrogen and oxygen atoms in total. The fraction of sp³-hybridized carbons (Fsp3) is 0.471. The van der Waals surface area contributed by atoms with E-state index < -0.39 is 10.1 Å². The maximum absolute atomic E-state index is 12.4. The van der Waals surface area contributed by atoms with Crippen molar-refractivity contribution in [3.8, 4) is 0 Å². The Kier molecular flexibility index (Phi) is 3.34. The van der Waals surface area contributed by atoms with Crippen LogP contribution >= 0.6 is 0 Å². The summed E-state index contributed by atoms with van der Waals surface area (Å²) in [6, 6.07) is 6.00. The number of ketones is 1. The Bertz CT molecular complexity index is 743. The molecule has 22 heavy (non-hydrogen) atoms. The Balaban J connectivity index is 1.90. The third-order valence-corrected chi connectivity index (χ3v) is 6.59. The van der Waals surface area contributed by atoms with Gasteiger partial charge in [0.05, 0.1) is 10.3 Å². The highest BCUT2D eigenvalue weighted by Crippen LogP contribution is 2.64. The molecule has 1 N–H and O–H groups in total. The van der Waals surface area contributed by atoms with E-state index >= 15 is 0 Å². The number of allylic oxidation sites excluding steroid dienone is 1. The molecule has 1 aromatic carbocycles. The van der Waals surface area contributed by atoms with Crippen molar-refractivity contribution in [2.24, 2.45) is 16.7 Å². The molecule has 2 bridgehead atoms. The highest BCUT2D eigenvalue weighted by Gasteiger charge is 2.62. The first-order valence-electron chi connectivity index (χ1n) is 7.47. The van der Waals surface area contributed by atoms with Crippen LogP contribution in [0.15, 0.2) is 35.2 Å². The molecule has 0 amide bonds. The summed E-state index contributed by atoms with van der Waals surface area (Å²) < 4.78 is 31.0. The van der Waals surface area contributed by atoms with Crippen molar-refractivity contribution in [3.05, 3.63) is 35.9 Å². The third kappa shape index (κ3) is 2.15. The monoisotopic (exact) mass is 320 g/mol. The quantitative estimate of drug-likeness (QED) is 0.867. The van der Waals surface area contributed by atoms with Gasteiger partial charge >= 0.3 is 0 Å². The van der Waals surface area contributed by atoms with Crippen LogP contribution in [0.4, 0.5) is 0 Å². The van der Waals surface area contributed by atoms with Crippen LogP contribution in [0.1, 0.15) is 38.7 Å². The van der Waals surface area contributed by atoms with Gasteiger partial charge in [-0.2, -0.15) is 8.42 Å². The van der Waals surface area contributed by atoms with E-state index in [1.54, 1.807) is 12.1 Å². The average Bonchev–Trinajstić information content (AvgIpc) is 2.79. The van der Waals surface area contributed by atoms with Crippen molar-refractivity contribution < 1.29 is 17.8 Å². The second kappa shape index (κ2) is 4.77. The normalized spacial score (nSPS) is 30.3. The lowest BCUT2D eigenvalue weighted by atomic mass is 9.68. The average molecular weight is 320 g/mol. The molecule has 0 aliphatic heterocycles. The van der Waals surface area contributed by atoms with Gasteiger partial charge in [-0.05, 0) is 41.9 Å². The van der Waals surface area contributed by atoms with Crippen LogP contribution in [-0.2, 0) is 14.9 Å². The summed E-state index contributed by atoms with van der Waals surface area (Å²) in [7, 11) is -4.17. The van der Waals surface area contributed by atoms with E-state index in [0.29, 0.717) is 18.1 Å². The summed E-state index contributed by atoms with van der Waals surface area (Å²) in [6.07, 6.45) is 6.54. The summed E-state index contributed by atoms with van der Waals surface area (Å²) in [4.78, 5) is 12.3. The number of hydrogen-bond donors (Lipinski definition) is 1. The van der Waals surface area contributed by atoms with Crippen LogP contribution in [0.3, 0.4) is 0 Å². The first-order chi connectivity index (χ1) is 10.2. The standard InChI is InChI=1S/C17H20O4S/c1-16(2)13-8-10-17(16,15(18)11-13)9-7-12-3-5-14(6-4-12)22(19,20)21/h3-7,9,13H,8,10-11H2,1-2H3,(H,19,20,21)/b9-7+. The maximum atomic E-state index is 12.4. The SMILES string of the molecule is CC1(C)C2CCC1(/C=C/c1ccc(S(=O)(=O)O)cc1)C(=O)C2. The largest absolute Gasteiger partial charge is 0.299 e.